The summed E-state index contributed by atoms with van der Waals surface area (Å²) in [6.45, 7) is 0. The summed E-state index contributed by atoms with van der Waals surface area (Å²) in [5, 5.41) is 4.04. The highest BCUT2D eigenvalue weighted by Crippen LogP contribution is 2.30. The van der Waals surface area contributed by atoms with Gasteiger partial charge in [-0.25, -0.2) is 9.97 Å². The molecule has 2 atom stereocenters. The van der Waals surface area contributed by atoms with Gasteiger partial charge < -0.3 is 0 Å². The molecule has 0 aliphatic heterocycles. The van der Waals surface area contributed by atoms with Crippen molar-refractivity contribution in [3.8, 4) is 0 Å². The van der Waals surface area contributed by atoms with Gasteiger partial charge in [-0.2, -0.15) is 4.91 Å². The molecule has 0 fully saturated rings. The smallest absolute Gasteiger partial charge is 0.187 e. The largest absolute Gasteiger partial charge is 0.231 e. The average Bonchev–Trinajstić information content (AvgIpc) is 2.31. The number of hydrogen-bond donors (Lipinski definition) is 0. The molecule has 15 heavy (non-hydrogen) atoms. The quantitative estimate of drug-likeness (QED) is 0.447. The standard InChI is InChI=1S/C10H11N3OS/c14-13-8-4-1-2-5-9(8)15-10-11-6-3-7-12-10/h1-3,6-9H,4-5H2. The lowest BCUT2D eigenvalue weighted by atomic mass is 10.0. The van der Waals surface area contributed by atoms with Crippen LogP contribution in [-0.2, 0) is 0 Å². The van der Waals surface area contributed by atoms with Crippen LogP contribution in [0.3, 0.4) is 0 Å². The number of rotatable bonds is 3. The third kappa shape index (κ3) is 2.62. The summed E-state index contributed by atoms with van der Waals surface area (Å²) in [5.74, 6) is 0. The van der Waals surface area contributed by atoms with E-state index in [4.69, 9.17) is 0 Å². The van der Waals surface area contributed by atoms with Crippen molar-refractivity contribution in [2.24, 2.45) is 5.18 Å². The van der Waals surface area contributed by atoms with E-state index in [0.29, 0.717) is 5.16 Å². The molecule has 0 spiro atoms. The zero-order chi connectivity index (χ0) is 10.5. The molecule has 1 aliphatic rings. The fourth-order valence-electron chi connectivity index (χ4n) is 1.49. The van der Waals surface area contributed by atoms with E-state index in [9.17, 15) is 4.91 Å². The van der Waals surface area contributed by atoms with Crippen molar-refractivity contribution in [1.29, 1.82) is 0 Å². The van der Waals surface area contributed by atoms with Gasteiger partial charge in [0, 0.05) is 17.6 Å². The molecule has 4 nitrogen and oxygen atoms in total. The second kappa shape index (κ2) is 5.02. The summed E-state index contributed by atoms with van der Waals surface area (Å²) in [4.78, 5) is 18.9. The molecule has 0 radical (unpaired) electrons. The summed E-state index contributed by atoms with van der Waals surface area (Å²) in [6.07, 6.45) is 9.10. The van der Waals surface area contributed by atoms with Crippen LogP contribution in [0, 0.1) is 4.91 Å². The third-order valence-corrected chi connectivity index (χ3v) is 3.51. The van der Waals surface area contributed by atoms with Crippen LogP contribution in [0.1, 0.15) is 12.8 Å². The second-order valence-electron chi connectivity index (χ2n) is 3.30. The molecule has 0 N–H and O–H groups in total. The molecule has 1 aliphatic carbocycles. The van der Waals surface area contributed by atoms with E-state index in [1.807, 2.05) is 6.08 Å². The normalized spacial score (nSPS) is 25.1. The summed E-state index contributed by atoms with van der Waals surface area (Å²) in [6, 6.07) is 1.63. The Hall–Kier alpha value is -1.23. The van der Waals surface area contributed by atoms with Crippen LogP contribution in [0.2, 0.25) is 0 Å². The van der Waals surface area contributed by atoms with Crippen molar-refractivity contribution in [3.05, 3.63) is 35.5 Å². The van der Waals surface area contributed by atoms with E-state index in [1.165, 1.54) is 11.8 Å². The summed E-state index contributed by atoms with van der Waals surface area (Å²) >= 11 is 1.53. The zero-order valence-corrected chi connectivity index (χ0v) is 8.93. The maximum Gasteiger partial charge on any atom is 0.187 e. The minimum Gasteiger partial charge on any atom is -0.231 e. The van der Waals surface area contributed by atoms with E-state index < -0.39 is 0 Å². The van der Waals surface area contributed by atoms with Gasteiger partial charge in [0.15, 0.2) is 5.16 Å². The Bertz CT molecular complexity index is 355. The minimum absolute atomic E-state index is 0.149. The molecular weight excluding hydrogens is 210 g/mol. The Labute approximate surface area is 92.2 Å². The molecule has 2 unspecified atom stereocenters. The molecule has 0 amide bonds. The fourth-order valence-corrected chi connectivity index (χ4v) is 2.53. The first kappa shape index (κ1) is 10.3. The average molecular weight is 221 g/mol. The Kier molecular flexibility index (Phi) is 3.45. The Morgan fingerprint density at radius 3 is 2.73 bits per heavy atom. The van der Waals surface area contributed by atoms with Crippen LogP contribution < -0.4 is 0 Å². The molecule has 5 heteroatoms. The number of hydrogen-bond acceptors (Lipinski definition) is 5. The summed E-state index contributed by atoms with van der Waals surface area (Å²) in [7, 11) is 0. The monoisotopic (exact) mass is 221 g/mol. The summed E-state index contributed by atoms with van der Waals surface area (Å²) < 4.78 is 0. The number of thioether (sulfide) groups is 1. The molecule has 78 valence electrons. The fraction of sp³-hybridized carbons (Fsp3) is 0.400. The van der Waals surface area contributed by atoms with Crippen molar-refractivity contribution < 1.29 is 0 Å². The van der Waals surface area contributed by atoms with Gasteiger partial charge in [0.05, 0.1) is 0 Å². The Balaban J connectivity index is 2.04. The van der Waals surface area contributed by atoms with E-state index in [-0.39, 0.29) is 11.3 Å². The molecule has 0 aromatic carbocycles. The lowest BCUT2D eigenvalue weighted by molar-refractivity contribution is 0.618. The van der Waals surface area contributed by atoms with Gasteiger partial charge in [-0.3, -0.25) is 0 Å². The highest BCUT2D eigenvalue weighted by molar-refractivity contribution is 7.99. The van der Waals surface area contributed by atoms with E-state index in [1.54, 1.807) is 18.5 Å². The lowest BCUT2D eigenvalue weighted by Crippen LogP contribution is -2.22. The number of nitrogens with zero attached hydrogens (tertiary/aromatic N) is 3. The van der Waals surface area contributed by atoms with Crippen LogP contribution in [0.4, 0.5) is 0 Å². The topological polar surface area (TPSA) is 55.2 Å². The van der Waals surface area contributed by atoms with Gasteiger partial charge >= 0.3 is 0 Å². The summed E-state index contributed by atoms with van der Waals surface area (Å²) in [5.41, 5.74) is 0. The predicted octanol–water partition coefficient (Wildman–Crippen LogP) is 2.42. The van der Waals surface area contributed by atoms with Crippen molar-refractivity contribution in [2.75, 3.05) is 0 Å². The molecule has 1 aromatic heterocycles. The lowest BCUT2D eigenvalue weighted by Gasteiger charge is -2.20. The maximum atomic E-state index is 10.6. The van der Waals surface area contributed by atoms with Crippen molar-refractivity contribution in [1.82, 2.24) is 9.97 Å². The first-order valence-corrected chi connectivity index (χ1v) is 5.69. The van der Waals surface area contributed by atoms with Crippen molar-refractivity contribution in [3.63, 3.8) is 0 Å². The van der Waals surface area contributed by atoms with Crippen LogP contribution in [0.25, 0.3) is 0 Å². The van der Waals surface area contributed by atoms with Gasteiger partial charge in [0.25, 0.3) is 0 Å². The predicted molar refractivity (Wildman–Crippen MR) is 59.6 cm³/mol. The molecule has 0 saturated heterocycles. The van der Waals surface area contributed by atoms with Crippen LogP contribution in [0.15, 0.2) is 40.9 Å². The highest BCUT2D eigenvalue weighted by atomic mass is 32.2. The van der Waals surface area contributed by atoms with Crippen molar-refractivity contribution >= 4 is 11.8 Å². The minimum atomic E-state index is -0.149. The highest BCUT2D eigenvalue weighted by Gasteiger charge is 2.24. The van der Waals surface area contributed by atoms with Gasteiger partial charge in [0.1, 0.15) is 6.04 Å². The first-order chi connectivity index (χ1) is 7.40. The van der Waals surface area contributed by atoms with E-state index >= 15 is 0 Å². The first-order valence-electron chi connectivity index (χ1n) is 4.81. The Morgan fingerprint density at radius 2 is 2.00 bits per heavy atom. The van der Waals surface area contributed by atoms with Gasteiger partial charge in [-0.15, -0.1) is 0 Å². The molecular formula is C10H11N3OS. The third-order valence-electron chi connectivity index (χ3n) is 2.28. The maximum absolute atomic E-state index is 10.6. The molecule has 2 rings (SSSR count). The van der Waals surface area contributed by atoms with E-state index in [2.05, 4.69) is 21.2 Å². The SMILES string of the molecule is O=NC1CC=CCC1Sc1ncccn1. The van der Waals surface area contributed by atoms with Crippen molar-refractivity contribution in [2.45, 2.75) is 29.3 Å². The number of nitroso groups, excluding NO2 is 1. The number of allylic oxidation sites excluding steroid dienone is 1. The van der Waals surface area contributed by atoms with Gasteiger partial charge in [-0.1, -0.05) is 29.1 Å². The van der Waals surface area contributed by atoms with Gasteiger partial charge in [-0.05, 0) is 18.9 Å². The molecule has 1 heterocycles. The molecule has 1 aromatic rings. The van der Waals surface area contributed by atoms with Crippen LogP contribution in [-0.4, -0.2) is 21.3 Å². The van der Waals surface area contributed by atoms with Gasteiger partial charge in [0.2, 0.25) is 0 Å². The zero-order valence-electron chi connectivity index (χ0n) is 8.11. The molecule has 0 bridgehead atoms. The van der Waals surface area contributed by atoms with E-state index in [0.717, 1.165) is 12.8 Å². The van der Waals surface area contributed by atoms with Crippen LogP contribution in [0.5, 0.6) is 0 Å². The molecule has 0 saturated carbocycles. The second-order valence-corrected chi connectivity index (χ2v) is 4.51. The Morgan fingerprint density at radius 1 is 1.27 bits per heavy atom. The number of aromatic nitrogens is 2. The van der Waals surface area contributed by atoms with Crippen LogP contribution >= 0.6 is 11.8 Å².